The maximum absolute atomic E-state index is 6.04. The van der Waals surface area contributed by atoms with E-state index in [0.29, 0.717) is 19.1 Å². The molecule has 2 aromatic rings. The molecule has 6 nitrogen and oxygen atoms in total. The first-order valence-corrected chi connectivity index (χ1v) is 6.82. The Labute approximate surface area is 140 Å². The number of nitrogens with one attached hydrogen (secondary N) is 1. The van der Waals surface area contributed by atoms with Crippen molar-refractivity contribution >= 4 is 41.0 Å². The monoisotopic (exact) mass is 401 g/mol. The Balaban J connectivity index is 0.00000161. The molecule has 0 radical (unpaired) electrons. The van der Waals surface area contributed by atoms with E-state index in [4.69, 9.17) is 10.5 Å². The van der Waals surface area contributed by atoms with Crippen molar-refractivity contribution in [3.05, 3.63) is 30.1 Å². The number of guanidine groups is 1. The van der Waals surface area contributed by atoms with Gasteiger partial charge in [-0.2, -0.15) is 0 Å². The highest BCUT2D eigenvalue weighted by Crippen LogP contribution is 2.11. The second-order valence-corrected chi connectivity index (χ2v) is 5.02. The van der Waals surface area contributed by atoms with Crippen LogP contribution in [0.1, 0.15) is 12.6 Å². The van der Waals surface area contributed by atoms with Crippen molar-refractivity contribution in [2.24, 2.45) is 10.7 Å². The number of nitrogens with two attached hydrogens (primary N) is 1. The SMILES string of the molecule is CC1CN(C(N)=NCc2ccc3cc[nH]c3n2)CCO1.I. The molecule has 21 heavy (non-hydrogen) atoms. The minimum absolute atomic E-state index is 0. The predicted octanol–water partition coefficient (Wildman–Crippen LogP) is 1.72. The number of aromatic amines is 1. The van der Waals surface area contributed by atoms with E-state index in [1.54, 1.807) is 0 Å². The van der Waals surface area contributed by atoms with Crippen LogP contribution in [-0.2, 0) is 11.3 Å². The molecule has 3 rings (SSSR count). The molecule has 1 atom stereocenters. The van der Waals surface area contributed by atoms with E-state index in [9.17, 15) is 0 Å². The van der Waals surface area contributed by atoms with E-state index < -0.39 is 0 Å². The molecule has 3 heterocycles. The van der Waals surface area contributed by atoms with Gasteiger partial charge in [0.15, 0.2) is 5.96 Å². The van der Waals surface area contributed by atoms with Gasteiger partial charge < -0.3 is 20.4 Å². The number of hydrogen-bond acceptors (Lipinski definition) is 3. The molecule has 0 aliphatic carbocycles. The Bertz CT molecular complexity index is 627. The highest BCUT2D eigenvalue weighted by Gasteiger charge is 2.17. The molecule has 3 N–H and O–H groups in total. The number of H-pyrrole nitrogens is 1. The van der Waals surface area contributed by atoms with Crippen LogP contribution in [0.4, 0.5) is 0 Å². The summed E-state index contributed by atoms with van der Waals surface area (Å²) in [5, 5.41) is 1.10. The van der Waals surface area contributed by atoms with E-state index in [0.717, 1.165) is 29.8 Å². The quantitative estimate of drug-likeness (QED) is 0.456. The van der Waals surface area contributed by atoms with Crippen molar-refractivity contribution in [3.8, 4) is 0 Å². The minimum atomic E-state index is 0. The summed E-state index contributed by atoms with van der Waals surface area (Å²) in [7, 11) is 0. The van der Waals surface area contributed by atoms with Gasteiger partial charge in [0.25, 0.3) is 0 Å². The number of pyridine rings is 1. The molecule has 1 aliphatic rings. The molecule has 0 amide bonds. The number of nitrogens with zero attached hydrogens (tertiary/aromatic N) is 3. The van der Waals surface area contributed by atoms with Crippen LogP contribution in [0, 0.1) is 0 Å². The fourth-order valence-electron chi connectivity index (χ4n) is 2.35. The van der Waals surface area contributed by atoms with Gasteiger partial charge in [0, 0.05) is 24.7 Å². The fourth-order valence-corrected chi connectivity index (χ4v) is 2.35. The second kappa shape index (κ2) is 7.08. The van der Waals surface area contributed by atoms with Crippen molar-refractivity contribution in [2.75, 3.05) is 19.7 Å². The van der Waals surface area contributed by atoms with Crippen LogP contribution in [0.25, 0.3) is 11.0 Å². The lowest BCUT2D eigenvalue weighted by Gasteiger charge is -2.31. The van der Waals surface area contributed by atoms with Gasteiger partial charge in [-0.25, -0.2) is 9.98 Å². The van der Waals surface area contributed by atoms with Gasteiger partial charge in [0.2, 0.25) is 0 Å². The molecule has 1 aliphatic heterocycles. The number of aromatic nitrogens is 2. The zero-order chi connectivity index (χ0) is 13.9. The Hall–Kier alpha value is -1.35. The van der Waals surface area contributed by atoms with Crippen molar-refractivity contribution in [1.29, 1.82) is 0 Å². The summed E-state index contributed by atoms with van der Waals surface area (Å²) in [5.41, 5.74) is 7.83. The molecule has 2 aromatic heterocycles. The summed E-state index contributed by atoms with van der Waals surface area (Å²) in [6.45, 7) is 4.82. The first kappa shape index (κ1) is 16.0. The largest absolute Gasteiger partial charge is 0.375 e. The van der Waals surface area contributed by atoms with E-state index in [1.165, 1.54) is 0 Å². The standard InChI is InChI=1S/C14H19N5O.HI/c1-10-9-19(6-7-20-10)14(15)17-8-12-3-2-11-4-5-16-13(11)18-12;/h2-5,10H,6-9H2,1H3,(H2,15,17)(H,16,18);1H. The first-order valence-electron chi connectivity index (χ1n) is 6.82. The number of fused-ring (bicyclic) bond motifs is 1. The van der Waals surface area contributed by atoms with E-state index >= 15 is 0 Å². The lowest BCUT2D eigenvalue weighted by Crippen LogP contribution is -2.47. The maximum atomic E-state index is 6.04. The number of ether oxygens (including phenoxy) is 1. The molecule has 1 unspecified atom stereocenters. The summed E-state index contributed by atoms with van der Waals surface area (Å²) in [6.07, 6.45) is 2.08. The molecular weight excluding hydrogens is 381 g/mol. The third kappa shape index (κ3) is 3.85. The normalized spacial score (nSPS) is 19.6. The molecule has 0 spiro atoms. The number of hydrogen-bond donors (Lipinski definition) is 2. The zero-order valence-electron chi connectivity index (χ0n) is 12.0. The van der Waals surface area contributed by atoms with Crippen LogP contribution in [0.3, 0.4) is 0 Å². The van der Waals surface area contributed by atoms with E-state index in [-0.39, 0.29) is 30.1 Å². The maximum Gasteiger partial charge on any atom is 0.191 e. The van der Waals surface area contributed by atoms with Gasteiger partial charge in [-0.05, 0) is 25.1 Å². The minimum Gasteiger partial charge on any atom is -0.375 e. The number of morpholine rings is 1. The molecular formula is C14H20IN5O. The van der Waals surface area contributed by atoms with Gasteiger partial charge >= 0.3 is 0 Å². The number of halogens is 1. The molecule has 7 heteroatoms. The number of aliphatic imine (C=N–C) groups is 1. The lowest BCUT2D eigenvalue weighted by molar-refractivity contribution is 0.00528. The van der Waals surface area contributed by atoms with Crippen LogP contribution in [-0.4, -0.2) is 46.6 Å². The Morgan fingerprint density at radius 3 is 3.19 bits per heavy atom. The van der Waals surface area contributed by atoms with Gasteiger partial charge in [0.1, 0.15) is 5.65 Å². The van der Waals surface area contributed by atoms with Crippen LogP contribution >= 0.6 is 24.0 Å². The van der Waals surface area contributed by atoms with Crippen molar-refractivity contribution in [2.45, 2.75) is 19.6 Å². The van der Waals surface area contributed by atoms with E-state index in [2.05, 4.69) is 19.9 Å². The van der Waals surface area contributed by atoms with Gasteiger partial charge in [-0.15, -0.1) is 24.0 Å². The smallest absolute Gasteiger partial charge is 0.191 e. The highest BCUT2D eigenvalue weighted by molar-refractivity contribution is 14.0. The van der Waals surface area contributed by atoms with Crippen LogP contribution in [0.5, 0.6) is 0 Å². The summed E-state index contributed by atoms with van der Waals surface area (Å²) in [6, 6.07) is 6.02. The molecule has 0 saturated carbocycles. The third-order valence-electron chi connectivity index (χ3n) is 3.44. The average Bonchev–Trinajstić information content (AvgIpc) is 2.92. The van der Waals surface area contributed by atoms with Crippen LogP contribution in [0.15, 0.2) is 29.4 Å². The lowest BCUT2D eigenvalue weighted by atomic mass is 10.3. The fraction of sp³-hybridized carbons (Fsp3) is 0.429. The second-order valence-electron chi connectivity index (χ2n) is 5.02. The molecule has 114 valence electrons. The van der Waals surface area contributed by atoms with Crippen LogP contribution in [0.2, 0.25) is 0 Å². The van der Waals surface area contributed by atoms with Gasteiger partial charge in [-0.1, -0.05) is 0 Å². The topological polar surface area (TPSA) is 79.5 Å². The highest BCUT2D eigenvalue weighted by atomic mass is 127. The van der Waals surface area contributed by atoms with Crippen molar-refractivity contribution < 1.29 is 4.74 Å². The molecule has 1 saturated heterocycles. The van der Waals surface area contributed by atoms with Gasteiger partial charge in [-0.3, -0.25) is 0 Å². The summed E-state index contributed by atoms with van der Waals surface area (Å²) < 4.78 is 5.49. The Kier molecular flexibility index (Phi) is 5.40. The molecule has 1 fully saturated rings. The van der Waals surface area contributed by atoms with Crippen molar-refractivity contribution in [1.82, 2.24) is 14.9 Å². The molecule has 0 bridgehead atoms. The number of rotatable bonds is 2. The first-order chi connectivity index (χ1) is 9.72. The summed E-state index contributed by atoms with van der Waals surface area (Å²) in [5.74, 6) is 0.563. The van der Waals surface area contributed by atoms with E-state index in [1.807, 2.05) is 31.3 Å². The predicted molar refractivity (Wildman–Crippen MR) is 93.8 cm³/mol. The molecule has 0 aromatic carbocycles. The average molecular weight is 401 g/mol. The van der Waals surface area contributed by atoms with Crippen LogP contribution < -0.4 is 5.73 Å². The van der Waals surface area contributed by atoms with Gasteiger partial charge in [0.05, 0.1) is 24.9 Å². The van der Waals surface area contributed by atoms with Crippen molar-refractivity contribution in [3.63, 3.8) is 0 Å². The Morgan fingerprint density at radius 1 is 1.52 bits per heavy atom. The zero-order valence-corrected chi connectivity index (χ0v) is 14.3. The third-order valence-corrected chi connectivity index (χ3v) is 3.44. The summed E-state index contributed by atoms with van der Waals surface area (Å²) >= 11 is 0. The Morgan fingerprint density at radius 2 is 2.38 bits per heavy atom. The summed E-state index contributed by atoms with van der Waals surface area (Å²) in [4.78, 5) is 14.1.